The van der Waals surface area contributed by atoms with E-state index >= 15 is 0 Å². The lowest BCUT2D eigenvalue weighted by atomic mass is 9.89. The molecule has 0 radical (unpaired) electrons. The van der Waals surface area contributed by atoms with Crippen molar-refractivity contribution in [2.45, 2.75) is 39.2 Å². The zero-order valence-corrected chi connectivity index (χ0v) is 15.0. The van der Waals surface area contributed by atoms with Gasteiger partial charge in [0.15, 0.2) is 5.78 Å². The molecule has 0 aliphatic carbocycles. The first-order valence-electron chi connectivity index (χ1n) is 8.41. The van der Waals surface area contributed by atoms with Gasteiger partial charge >= 0.3 is 5.97 Å². The quantitative estimate of drug-likeness (QED) is 0.612. The third kappa shape index (κ3) is 5.34. The molecule has 2 rings (SSSR count). The third-order valence-corrected chi connectivity index (χ3v) is 4.11. The van der Waals surface area contributed by atoms with Crippen molar-refractivity contribution in [3.05, 3.63) is 29.8 Å². The molecule has 1 aromatic rings. The number of carbonyl (C=O) groups is 2. The second-order valence-corrected chi connectivity index (χ2v) is 7.23. The predicted molar refractivity (Wildman–Crippen MR) is 92.3 cm³/mol. The normalized spacial score (nSPS) is 16.7. The molecule has 0 N–H and O–H groups in total. The molecule has 1 aliphatic heterocycles. The van der Waals surface area contributed by atoms with Crippen molar-refractivity contribution in [1.82, 2.24) is 4.90 Å². The Morgan fingerprint density at radius 3 is 2.21 bits per heavy atom. The van der Waals surface area contributed by atoms with Gasteiger partial charge in [-0.05, 0) is 71.0 Å². The van der Waals surface area contributed by atoms with Crippen molar-refractivity contribution in [2.75, 3.05) is 26.7 Å². The number of piperidine rings is 1. The van der Waals surface area contributed by atoms with Gasteiger partial charge in [0.1, 0.15) is 11.4 Å². The van der Waals surface area contributed by atoms with Crippen LogP contribution in [0.25, 0.3) is 0 Å². The number of rotatable bonds is 5. The Balaban J connectivity index is 1.83. The molecule has 1 fully saturated rings. The molecule has 0 unspecified atom stereocenters. The van der Waals surface area contributed by atoms with Gasteiger partial charge in [-0.2, -0.15) is 0 Å². The highest BCUT2D eigenvalue weighted by molar-refractivity contribution is 5.98. The Morgan fingerprint density at radius 2 is 1.71 bits per heavy atom. The van der Waals surface area contributed by atoms with Gasteiger partial charge in [0.25, 0.3) is 0 Å². The van der Waals surface area contributed by atoms with E-state index in [0.29, 0.717) is 6.54 Å². The molecule has 5 nitrogen and oxygen atoms in total. The van der Waals surface area contributed by atoms with Crippen LogP contribution in [-0.2, 0) is 9.53 Å². The number of esters is 1. The number of benzene rings is 1. The molecule has 0 aromatic heterocycles. The van der Waals surface area contributed by atoms with Gasteiger partial charge in [-0.15, -0.1) is 0 Å². The summed E-state index contributed by atoms with van der Waals surface area (Å²) in [6.07, 6.45) is 1.54. The molecule has 132 valence electrons. The number of ether oxygens (including phenoxy) is 2. The summed E-state index contributed by atoms with van der Waals surface area (Å²) in [4.78, 5) is 26.5. The molecule has 1 saturated heterocycles. The molecule has 0 atom stereocenters. The van der Waals surface area contributed by atoms with E-state index < -0.39 is 5.60 Å². The van der Waals surface area contributed by atoms with Crippen LogP contribution in [0.3, 0.4) is 0 Å². The van der Waals surface area contributed by atoms with E-state index in [1.54, 1.807) is 7.11 Å². The van der Waals surface area contributed by atoms with Crippen LogP contribution < -0.4 is 4.74 Å². The van der Waals surface area contributed by atoms with Crippen molar-refractivity contribution in [3.63, 3.8) is 0 Å². The van der Waals surface area contributed by atoms with Crippen LogP contribution in [0.4, 0.5) is 0 Å². The predicted octanol–water partition coefficient (Wildman–Crippen LogP) is 2.93. The molecule has 0 saturated carbocycles. The first-order valence-corrected chi connectivity index (χ1v) is 8.41. The van der Waals surface area contributed by atoms with E-state index in [2.05, 4.69) is 4.90 Å². The molecule has 24 heavy (non-hydrogen) atoms. The van der Waals surface area contributed by atoms with Crippen LogP contribution >= 0.6 is 0 Å². The Hall–Kier alpha value is -1.88. The minimum absolute atomic E-state index is 0.0216. The van der Waals surface area contributed by atoms with Gasteiger partial charge in [0, 0.05) is 11.5 Å². The Morgan fingerprint density at radius 1 is 1.12 bits per heavy atom. The highest BCUT2D eigenvalue weighted by Gasteiger charge is 2.27. The minimum Gasteiger partial charge on any atom is -0.497 e. The van der Waals surface area contributed by atoms with E-state index in [-0.39, 0.29) is 17.7 Å². The van der Waals surface area contributed by atoms with Crippen molar-refractivity contribution in [2.24, 2.45) is 5.92 Å². The third-order valence-electron chi connectivity index (χ3n) is 4.11. The molecular weight excluding hydrogens is 306 g/mol. The van der Waals surface area contributed by atoms with Gasteiger partial charge in [0.05, 0.1) is 13.7 Å². The Kier molecular flexibility index (Phi) is 5.99. The Labute approximate surface area is 143 Å². The number of carbonyl (C=O) groups excluding carboxylic acids is 2. The largest absolute Gasteiger partial charge is 0.497 e. The molecule has 0 amide bonds. The van der Waals surface area contributed by atoms with Crippen molar-refractivity contribution in [1.29, 1.82) is 0 Å². The maximum atomic E-state index is 12.6. The van der Waals surface area contributed by atoms with E-state index in [0.717, 1.165) is 37.2 Å². The van der Waals surface area contributed by atoms with Gasteiger partial charge in [-0.25, -0.2) is 0 Å². The highest BCUT2D eigenvalue weighted by atomic mass is 16.6. The number of methoxy groups -OCH3 is 1. The highest BCUT2D eigenvalue weighted by Crippen LogP contribution is 2.23. The number of Topliss-reactive ketones (excluding diaryl/α,β-unsaturated/α-hetero) is 1. The van der Waals surface area contributed by atoms with Crippen LogP contribution in [0.5, 0.6) is 5.75 Å². The summed E-state index contributed by atoms with van der Waals surface area (Å²) >= 11 is 0. The average Bonchev–Trinajstić information content (AvgIpc) is 2.53. The lowest BCUT2D eigenvalue weighted by Crippen LogP contribution is -2.41. The standard InChI is InChI=1S/C19H27NO4/c1-19(2,3)24-17(21)13-20-11-9-15(10-12-20)18(22)14-5-7-16(23-4)8-6-14/h5-8,15H,9-13H2,1-4H3. The number of nitrogens with zero attached hydrogens (tertiary/aromatic N) is 1. The summed E-state index contributed by atoms with van der Waals surface area (Å²) in [6, 6.07) is 7.25. The van der Waals surface area contributed by atoms with Gasteiger partial charge < -0.3 is 9.47 Å². The monoisotopic (exact) mass is 333 g/mol. The SMILES string of the molecule is COc1ccc(C(=O)C2CCN(CC(=O)OC(C)(C)C)CC2)cc1. The van der Waals surface area contributed by atoms with Gasteiger partial charge in [-0.1, -0.05) is 0 Å². The lowest BCUT2D eigenvalue weighted by Gasteiger charge is -2.31. The second-order valence-electron chi connectivity index (χ2n) is 7.23. The number of likely N-dealkylation sites (tertiary alicyclic amines) is 1. The van der Waals surface area contributed by atoms with Crippen LogP contribution in [0.2, 0.25) is 0 Å². The van der Waals surface area contributed by atoms with E-state index in [1.807, 2.05) is 45.0 Å². The fourth-order valence-corrected chi connectivity index (χ4v) is 2.90. The summed E-state index contributed by atoms with van der Waals surface area (Å²) in [5, 5.41) is 0. The molecule has 1 heterocycles. The summed E-state index contributed by atoms with van der Waals surface area (Å²) in [7, 11) is 1.61. The second kappa shape index (κ2) is 7.79. The summed E-state index contributed by atoms with van der Waals surface area (Å²) in [5.41, 5.74) is 0.265. The van der Waals surface area contributed by atoms with Crippen molar-refractivity contribution >= 4 is 11.8 Å². The number of ketones is 1. The topological polar surface area (TPSA) is 55.8 Å². The van der Waals surface area contributed by atoms with Crippen LogP contribution in [0, 0.1) is 5.92 Å². The van der Waals surface area contributed by atoms with Crippen molar-refractivity contribution in [3.8, 4) is 5.75 Å². The smallest absolute Gasteiger partial charge is 0.320 e. The summed E-state index contributed by atoms with van der Waals surface area (Å²) in [6.45, 7) is 7.37. The van der Waals surface area contributed by atoms with Crippen LogP contribution in [0.1, 0.15) is 44.0 Å². The lowest BCUT2D eigenvalue weighted by molar-refractivity contribution is -0.156. The fraction of sp³-hybridized carbons (Fsp3) is 0.579. The first kappa shape index (κ1) is 18.5. The van der Waals surface area contributed by atoms with E-state index in [9.17, 15) is 9.59 Å². The molecule has 1 aliphatic rings. The summed E-state index contributed by atoms with van der Waals surface area (Å²) in [5.74, 6) is 0.740. The maximum absolute atomic E-state index is 12.6. The fourth-order valence-electron chi connectivity index (χ4n) is 2.90. The van der Waals surface area contributed by atoms with Crippen LogP contribution in [0.15, 0.2) is 24.3 Å². The first-order chi connectivity index (χ1) is 11.3. The molecular formula is C19H27NO4. The zero-order chi connectivity index (χ0) is 17.7. The zero-order valence-electron chi connectivity index (χ0n) is 15.0. The number of hydrogen-bond acceptors (Lipinski definition) is 5. The molecule has 0 spiro atoms. The molecule has 0 bridgehead atoms. The molecule has 1 aromatic carbocycles. The van der Waals surface area contributed by atoms with Crippen LogP contribution in [-0.4, -0.2) is 49.0 Å². The van der Waals surface area contributed by atoms with E-state index in [1.165, 1.54) is 0 Å². The van der Waals surface area contributed by atoms with Gasteiger partial charge in [-0.3, -0.25) is 14.5 Å². The molecule has 5 heteroatoms. The van der Waals surface area contributed by atoms with Gasteiger partial charge in [0.2, 0.25) is 0 Å². The van der Waals surface area contributed by atoms with Crippen molar-refractivity contribution < 1.29 is 19.1 Å². The van der Waals surface area contributed by atoms with E-state index in [4.69, 9.17) is 9.47 Å². The maximum Gasteiger partial charge on any atom is 0.320 e. The average molecular weight is 333 g/mol. The minimum atomic E-state index is -0.459. The Bertz CT molecular complexity index is 566. The summed E-state index contributed by atoms with van der Waals surface area (Å²) < 4.78 is 10.5. The number of hydrogen-bond donors (Lipinski definition) is 0.